The van der Waals surface area contributed by atoms with Crippen LogP contribution in [0.4, 0.5) is 0 Å². The van der Waals surface area contributed by atoms with Gasteiger partial charge in [0.2, 0.25) is 0 Å². The molecular formula is C5H7ClO2. The quantitative estimate of drug-likeness (QED) is 0.533. The van der Waals surface area contributed by atoms with Crippen molar-refractivity contribution in [2.75, 3.05) is 6.61 Å². The molecule has 8 heavy (non-hydrogen) atoms. The number of hydrogen-bond donors (Lipinski definition) is 0. The lowest BCUT2D eigenvalue weighted by Crippen LogP contribution is -1.96. The average Bonchev–Trinajstić information content (AvgIpc) is 1.66. The molecule has 0 fully saturated rings. The minimum atomic E-state index is -0.292. The first-order valence-electron chi connectivity index (χ1n) is 2.16. The molecule has 0 heterocycles. The number of carbonyl (C=O) groups excluding carboxylic acids is 1. The molecule has 46 valence electrons. The normalized spacial score (nSPS) is 9.75. The molecule has 0 aliphatic rings. The van der Waals surface area contributed by atoms with Crippen molar-refractivity contribution in [1.29, 1.82) is 0 Å². The van der Waals surface area contributed by atoms with Crippen LogP contribution in [-0.2, 0) is 9.53 Å². The van der Waals surface area contributed by atoms with E-state index in [4.69, 9.17) is 11.6 Å². The maximum Gasteiger partial charge on any atom is 0.302 e. The number of halogens is 1. The fourth-order valence-corrected chi connectivity index (χ4v) is 0.275. The molecule has 0 bridgehead atoms. The Kier molecular flexibility index (Phi) is 4.36. The fraction of sp³-hybridized carbons (Fsp3) is 0.400. The van der Waals surface area contributed by atoms with Crippen molar-refractivity contribution in [2.45, 2.75) is 6.92 Å². The molecule has 3 heteroatoms. The highest BCUT2D eigenvalue weighted by Gasteiger charge is 1.84. The third kappa shape index (κ3) is 5.50. The monoisotopic (exact) mass is 134 g/mol. The summed E-state index contributed by atoms with van der Waals surface area (Å²) >= 11 is 5.11. The van der Waals surface area contributed by atoms with Gasteiger partial charge in [-0.3, -0.25) is 4.79 Å². The summed E-state index contributed by atoms with van der Waals surface area (Å²) in [6, 6.07) is 0. The SMILES string of the molecule is CC(=O)OC/C=C/Cl. The first-order chi connectivity index (χ1) is 3.77. The van der Waals surface area contributed by atoms with Gasteiger partial charge in [0.05, 0.1) is 0 Å². The Morgan fingerprint density at radius 1 is 1.88 bits per heavy atom. The van der Waals surface area contributed by atoms with Gasteiger partial charge in [-0.2, -0.15) is 0 Å². The van der Waals surface area contributed by atoms with Gasteiger partial charge in [0.1, 0.15) is 6.61 Å². The van der Waals surface area contributed by atoms with Crippen LogP contribution in [0, 0.1) is 0 Å². The van der Waals surface area contributed by atoms with E-state index in [-0.39, 0.29) is 12.6 Å². The summed E-state index contributed by atoms with van der Waals surface area (Å²) in [5, 5.41) is 0. The van der Waals surface area contributed by atoms with Crippen LogP contribution >= 0.6 is 11.6 Å². The number of carbonyl (C=O) groups is 1. The summed E-state index contributed by atoms with van der Waals surface area (Å²) in [4.78, 5) is 10.0. The molecule has 0 aromatic carbocycles. The second kappa shape index (κ2) is 4.65. The van der Waals surface area contributed by atoms with Crippen LogP contribution in [0.25, 0.3) is 0 Å². The van der Waals surface area contributed by atoms with Crippen molar-refractivity contribution >= 4 is 17.6 Å². The van der Waals surface area contributed by atoms with E-state index in [1.165, 1.54) is 12.5 Å². The molecule has 0 rings (SSSR count). The molecule has 0 aliphatic heterocycles. The van der Waals surface area contributed by atoms with Crippen molar-refractivity contribution in [3.05, 3.63) is 11.6 Å². The Morgan fingerprint density at radius 2 is 2.50 bits per heavy atom. The summed E-state index contributed by atoms with van der Waals surface area (Å²) in [7, 11) is 0. The van der Waals surface area contributed by atoms with Crippen LogP contribution in [0.3, 0.4) is 0 Å². The summed E-state index contributed by atoms with van der Waals surface area (Å²) < 4.78 is 4.47. The Labute approximate surface area is 53.1 Å². The van der Waals surface area contributed by atoms with Crippen molar-refractivity contribution in [3.63, 3.8) is 0 Å². The summed E-state index contributed by atoms with van der Waals surface area (Å²) in [5.41, 5.74) is 1.31. The minimum absolute atomic E-state index is 0.263. The van der Waals surface area contributed by atoms with Gasteiger partial charge in [-0.15, -0.1) is 0 Å². The Morgan fingerprint density at radius 3 is 2.88 bits per heavy atom. The third-order valence-electron chi connectivity index (χ3n) is 0.472. The Balaban J connectivity index is 3.05. The topological polar surface area (TPSA) is 26.3 Å². The second-order valence-electron chi connectivity index (χ2n) is 1.16. The highest BCUT2D eigenvalue weighted by molar-refractivity contribution is 6.25. The van der Waals surface area contributed by atoms with E-state index in [0.717, 1.165) is 0 Å². The van der Waals surface area contributed by atoms with Crippen molar-refractivity contribution < 1.29 is 9.53 Å². The summed E-state index contributed by atoms with van der Waals surface area (Å²) in [5.74, 6) is -0.292. The largest absolute Gasteiger partial charge is 0.462 e. The summed E-state index contributed by atoms with van der Waals surface area (Å²) in [6.45, 7) is 1.61. The maximum atomic E-state index is 10.0. The smallest absolute Gasteiger partial charge is 0.302 e. The van der Waals surface area contributed by atoms with Gasteiger partial charge in [0.25, 0.3) is 0 Å². The fourth-order valence-electron chi connectivity index (χ4n) is 0.202. The van der Waals surface area contributed by atoms with Crippen molar-refractivity contribution in [2.24, 2.45) is 0 Å². The molecule has 0 aromatic rings. The van der Waals surface area contributed by atoms with Crippen molar-refractivity contribution in [1.82, 2.24) is 0 Å². The standard InChI is InChI=1S/C5H7ClO2/c1-5(7)8-4-2-3-6/h2-3H,4H2,1H3/b3-2+. The highest BCUT2D eigenvalue weighted by Crippen LogP contribution is 1.80. The first kappa shape index (κ1) is 7.50. The molecule has 0 amide bonds. The predicted molar refractivity (Wildman–Crippen MR) is 31.6 cm³/mol. The van der Waals surface area contributed by atoms with Gasteiger partial charge >= 0.3 is 5.97 Å². The molecule has 0 aliphatic carbocycles. The van der Waals surface area contributed by atoms with Gasteiger partial charge < -0.3 is 4.74 Å². The van der Waals surface area contributed by atoms with E-state index in [0.29, 0.717) is 0 Å². The number of rotatable bonds is 2. The van der Waals surface area contributed by atoms with E-state index >= 15 is 0 Å². The van der Waals surface area contributed by atoms with Crippen LogP contribution in [0.5, 0.6) is 0 Å². The molecule has 0 unspecified atom stereocenters. The second-order valence-corrected chi connectivity index (χ2v) is 1.42. The maximum absolute atomic E-state index is 10.0. The van der Waals surface area contributed by atoms with E-state index in [9.17, 15) is 4.79 Å². The van der Waals surface area contributed by atoms with E-state index in [2.05, 4.69) is 4.74 Å². The van der Waals surface area contributed by atoms with E-state index in [1.807, 2.05) is 0 Å². The molecule has 0 atom stereocenters. The van der Waals surface area contributed by atoms with E-state index in [1.54, 1.807) is 6.08 Å². The lowest BCUT2D eigenvalue weighted by molar-refractivity contribution is -0.139. The molecular weight excluding hydrogens is 128 g/mol. The Hall–Kier alpha value is -0.500. The summed E-state index contributed by atoms with van der Waals surface area (Å²) in [6.07, 6.45) is 1.54. The van der Waals surface area contributed by atoms with Crippen molar-refractivity contribution in [3.8, 4) is 0 Å². The van der Waals surface area contributed by atoms with Gasteiger partial charge in [-0.05, 0) is 6.08 Å². The number of hydrogen-bond acceptors (Lipinski definition) is 2. The Bertz CT molecular complexity index is 98.6. The molecule has 0 spiro atoms. The number of ether oxygens (including phenoxy) is 1. The van der Waals surface area contributed by atoms with Crippen LogP contribution < -0.4 is 0 Å². The average molecular weight is 135 g/mol. The molecule has 0 aromatic heterocycles. The molecule has 0 saturated heterocycles. The molecule has 0 N–H and O–H groups in total. The van der Waals surface area contributed by atoms with Crippen LogP contribution in [0.2, 0.25) is 0 Å². The molecule has 2 nitrogen and oxygen atoms in total. The van der Waals surface area contributed by atoms with E-state index < -0.39 is 0 Å². The number of esters is 1. The van der Waals surface area contributed by atoms with Gasteiger partial charge in [0, 0.05) is 12.5 Å². The van der Waals surface area contributed by atoms with Crippen LogP contribution in [0.1, 0.15) is 6.92 Å². The van der Waals surface area contributed by atoms with Gasteiger partial charge in [-0.1, -0.05) is 11.6 Å². The third-order valence-corrected chi connectivity index (χ3v) is 0.650. The molecule has 0 saturated carbocycles. The zero-order valence-electron chi connectivity index (χ0n) is 4.56. The highest BCUT2D eigenvalue weighted by atomic mass is 35.5. The molecule has 0 radical (unpaired) electrons. The minimum Gasteiger partial charge on any atom is -0.462 e. The zero-order chi connectivity index (χ0) is 6.41. The van der Waals surface area contributed by atoms with Crippen LogP contribution in [-0.4, -0.2) is 12.6 Å². The predicted octanol–water partition coefficient (Wildman–Crippen LogP) is 1.30. The van der Waals surface area contributed by atoms with Gasteiger partial charge in [0.15, 0.2) is 0 Å². The first-order valence-corrected chi connectivity index (χ1v) is 2.59. The lowest BCUT2D eigenvalue weighted by atomic mass is 10.7. The lowest BCUT2D eigenvalue weighted by Gasteiger charge is -1.91. The van der Waals surface area contributed by atoms with Gasteiger partial charge in [-0.25, -0.2) is 0 Å². The zero-order valence-corrected chi connectivity index (χ0v) is 5.31. The van der Waals surface area contributed by atoms with Crippen LogP contribution in [0.15, 0.2) is 11.6 Å².